The summed E-state index contributed by atoms with van der Waals surface area (Å²) in [5, 5.41) is 12.3. The first-order valence-corrected chi connectivity index (χ1v) is 11.5. The van der Waals surface area contributed by atoms with Gasteiger partial charge in [-0.25, -0.2) is 9.37 Å². The van der Waals surface area contributed by atoms with E-state index in [0.29, 0.717) is 31.2 Å². The minimum Gasteiger partial charge on any atom is -0.476 e. The minimum atomic E-state index is -0.584. The Bertz CT molecular complexity index is 755. The van der Waals surface area contributed by atoms with Crippen LogP contribution in [-0.4, -0.2) is 80.9 Å². The topological polar surface area (TPSA) is 93.2 Å². The average molecular weight is 454 g/mol. The van der Waals surface area contributed by atoms with Crippen LogP contribution in [0.2, 0.25) is 0 Å². The first-order valence-electron chi connectivity index (χ1n) is 11.5. The average Bonchev–Trinajstić information content (AvgIpc) is 3.55. The van der Waals surface area contributed by atoms with Crippen LogP contribution >= 0.6 is 0 Å². The molecule has 1 aliphatic carbocycles. The van der Waals surface area contributed by atoms with Gasteiger partial charge in [0.15, 0.2) is 0 Å². The van der Waals surface area contributed by atoms with Crippen LogP contribution in [0, 0.1) is 11.8 Å². The molecule has 8 nitrogen and oxygen atoms in total. The number of hydrogen-bond acceptors (Lipinski definition) is 7. The Labute approximate surface area is 189 Å². The highest BCUT2D eigenvalue weighted by molar-refractivity contribution is 5.93. The molecule has 2 atom stereocenters. The molecule has 1 amide bonds. The molecule has 0 unspecified atom stereocenters. The number of aliphatic hydroxyl groups excluding tert-OH is 1. The molecule has 0 aromatic carbocycles. The zero-order valence-electron chi connectivity index (χ0n) is 19.3. The molecule has 9 heteroatoms. The summed E-state index contributed by atoms with van der Waals surface area (Å²) < 4.78 is 29.2. The van der Waals surface area contributed by atoms with Gasteiger partial charge in [0.1, 0.15) is 18.1 Å². The second-order valence-corrected chi connectivity index (χ2v) is 8.72. The van der Waals surface area contributed by atoms with Gasteiger partial charge >= 0.3 is 0 Å². The van der Waals surface area contributed by atoms with Crippen molar-refractivity contribution >= 4 is 11.6 Å². The van der Waals surface area contributed by atoms with Crippen molar-refractivity contribution in [3.05, 3.63) is 17.8 Å². The quantitative estimate of drug-likeness (QED) is 0.417. The number of methoxy groups -OCH3 is 1. The zero-order valence-corrected chi connectivity index (χ0v) is 19.3. The van der Waals surface area contributed by atoms with Crippen molar-refractivity contribution in [2.24, 2.45) is 11.8 Å². The number of aliphatic hydroxyl groups is 1. The van der Waals surface area contributed by atoms with Gasteiger partial charge in [-0.3, -0.25) is 4.79 Å². The van der Waals surface area contributed by atoms with Gasteiger partial charge in [0.25, 0.3) is 5.91 Å². The van der Waals surface area contributed by atoms with Crippen LogP contribution in [-0.2, 0) is 9.47 Å². The number of rotatable bonds is 14. The van der Waals surface area contributed by atoms with Crippen molar-refractivity contribution in [3.8, 4) is 5.88 Å². The van der Waals surface area contributed by atoms with E-state index in [4.69, 9.17) is 14.2 Å². The summed E-state index contributed by atoms with van der Waals surface area (Å²) in [6, 6.07) is 3.56. The number of ether oxygens (including phenoxy) is 3. The van der Waals surface area contributed by atoms with Gasteiger partial charge in [-0.05, 0) is 43.2 Å². The standard InChI is InChI=1S/C23H36FN3O5/c1-4-23(5-2,15-31-9-8-24)26-21(29)19-6-7-20(27-11-18(12-27)30-3)22(25-19)32-14-17-10-16(17)13-28/h6-7,16-18,28H,4-5,8-15H2,1-3H3,(H,26,29)/t16-,17+/m1/s1. The van der Waals surface area contributed by atoms with Crippen LogP contribution in [0.1, 0.15) is 43.6 Å². The summed E-state index contributed by atoms with van der Waals surface area (Å²) in [6.45, 7) is 5.74. The maximum Gasteiger partial charge on any atom is 0.270 e. The summed E-state index contributed by atoms with van der Waals surface area (Å²) >= 11 is 0. The van der Waals surface area contributed by atoms with Crippen LogP contribution in [0.25, 0.3) is 0 Å². The predicted octanol–water partition coefficient (Wildman–Crippen LogP) is 2.20. The molecule has 1 saturated carbocycles. The summed E-state index contributed by atoms with van der Waals surface area (Å²) in [6.07, 6.45) is 2.42. The third-order valence-electron chi connectivity index (χ3n) is 6.66. The lowest BCUT2D eigenvalue weighted by Crippen LogP contribution is -2.52. The molecule has 1 aromatic heterocycles. The Hall–Kier alpha value is -1.97. The molecule has 2 N–H and O–H groups in total. The number of anilines is 1. The van der Waals surface area contributed by atoms with E-state index < -0.39 is 12.2 Å². The molecule has 2 heterocycles. The number of aromatic nitrogens is 1. The van der Waals surface area contributed by atoms with Crippen molar-refractivity contribution in [2.45, 2.75) is 44.8 Å². The Kier molecular flexibility index (Phi) is 8.67. The molecule has 1 aliphatic heterocycles. The molecule has 0 bridgehead atoms. The number of hydrogen-bond donors (Lipinski definition) is 2. The number of carbonyl (C=O) groups is 1. The fourth-order valence-corrected chi connectivity index (χ4v) is 3.91. The first kappa shape index (κ1) is 24.7. The lowest BCUT2D eigenvalue weighted by Gasteiger charge is -2.40. The molecule has 1 aromatic rings. The number of halogens is 1. The van der Waals surface area contributed by atoms with Gasteiger partial charge in [0.05, 0.1) is 31.5 Å². The van der Waals surface area contributed by atoms with Crippen LogP contribution < -0.4 is 15.0 Å². The molecule has 32 heavy (non-hydrogen) atoms. The van der Waals surface area contributed by atoms with Crippen LogP contribution in [0.3, 0.4) is 0 Å². The monoisotopic (exact) mass is 453 g/mol. The molecule has 0 radical (unpaired) electrons. The summed E-state index contributed by atoms with van der Waals surface area (Å²) in [4.78, 5) is 19.7. The number of nitrogens with zero attached hydrogens (tertiary/aromatic N) is 2. The van der Waals surface area contributed by atoms with Gasteiger partial charge in [-0.2, -0.15) is 0 Å². The summed E-state index contributed by atoms with van der Waals surface area (Å²) in [5.74, 6) is 0.705. The van der Waals surface area contributed by atoms with E-state index in [1.165, 1.54) is 0 Å². The van der Waals surface area contributed by atoms with Gasteiger partial charge in [-0.15, -0.1) is 0 Å². The SMILES string of the molecule is CCC(CC)(COCCF)NC(=O)c1ccc(N2CC(OC)C2)c(OC[C@@H]2C[C@@H]2CO)n1. The van der Waals surface area contributed by atoms with E-state index in [1.54, 1.807) is 13.2 Å². The fourth-order valence-electron chi connectivity index (χ4n) is 3.91. The van der Waals surface area contributed by atoms with E-state index in [-0.39, 0.29) is 43.4 Å². The lowest BCUT2D eigenvalue weighted by atomic mass is 9.93. The highest BCUT2D eigenvalue weighted by atomic mass is 19.1. The van der Waals surface area contributed by atoms with Crippen LogP contribution in [0.5, 0.6) is 5.88 Å². The minimum absolute atomic E-state index is 0.0108. The molecule has 0 spiro atoms. The summed E-state index contributed by atoms with van der Waals surface area (Å²) in [7, 11) is 1.69. The number of amides is 1. The Morgan fingerprint density at radius 1 is 1.31 bits per heavy atom. The third-order valence-corrected chi connectivity index (χ3v) is 6.66. The molecule has 1 saturated heterocycles. The van der Waals surface area contributed by atoms with E-state index >= 15 is 0 Å². The fraction of sp³-hybridized carbons (Fsp3) is 0.739. The lowest BCUT2D eigenvalue weighted by molar-refractivity contribution is 0.0492. The maximum atomic E-state index is 13.0. The predicted molar refractivity (Wildman–Crippen MR) is 119 cm³/mol. The van der Waals surface area contributed by atoms with Crippen LogP contribution in [0.15, 0.2) is 12.1 Å². The van der Waals surface area contributed by atoms with Gasteiger partial charge in [-0.1, -0.05) is 13.8 Å². The molecule has 3 rings (SSSR count). The zero-order chi connectivity index (χ0) is 23.1. The first-order chi connectivity index (χ1) is 15.5. The van der Waals surface area contributed by atoms with E-state index in [1.807, 2.05) is 19.9 Å². The Morgan fingerprint density at radius 2 is 2.06 bits per heavy atom. The second-order valence-electron chi connectivity index (χ2n) is 8.72. The maximum absolute atomic E-state index is 13.0. The number of pyridine rings is 1. The molecular weight excluding hydrogens is 417 g/mol. The largest absolute Gasteiger partial charge is 0.476 e. The molecule has 180 valence electrons. The third kappa shape index (κ3) is 5.88. The smallest absolute Gasteiger partial charge is 0.270 e. The number of alkyl halides is 1. The Morgan fingerprint density at radius 3 is 2.66 bits per heavy atom. The van der Waals surface area contributed by atoms with E-state index in [2.05, 4.69) is 15.2 Å². The molecular formula is C23H36FN3O5. The molecule has 2 fully saturated rings. The van der Waals surface area contributed by atoms with Gasteiger partial charge in [0.2, 0.25) is 5.88 Å². The highest BCUT2D eigenvalue weighted by Gasteiger charge is 2.38. The van der Waals surface area contributed by atoms with E-state index in [9.17, 15) is 14.3 Å². The van der Waals surface area contributed by atoms with Crippen LogP contribution in [0.4, 0.5) is 10.1 Å². The Balaban J connectivity index is 1.73. The highest BCUT2D eigenvalue weighted by Crippen LogP contribution is 2.39. The van der Waals surface area contributed by atoms with Crippen molar-refractivity contribution in [3.63, 3.8) is 0 Å². The van der Waals surface area contributed by atoms with Crippen molar-refractivity contribution in [2.75, 3.05) is 58.2 Å². The summed E-state index contributed by atoms with van der Waals surface area (Å²) in [5.41, 5.74) is 0.512. The second kappa shape index (κ2) is 11.2. The van der Waals surface area contributed by atoms with Crippen molar-refractivity contribution in [1.82, 2.24) is 10.3 Å². The van der Waals surface area contributed by atoms with E-state index in [0.717, 1.165) is 25.2 Å². The van der Waals surface area contributed by atoms with Gasteiger partial charge < -0.3 is 29.5 Å². The molecule has 2 aliphatic rings. The van der Waals surface area contributed by atoms with Crippen molar-refractivity contribution < 1.29 is 28.5 Å². The number of nitrogens with one attached hydrogen (secondary N) is 1. The number of carbonyl (C=O) groups excluding carboxylic acids is 1. The van der Waals surface area contributed by atoms with Gasteiger partial charge in [0, 0.05) is 26.8 Å². The normalized spacial score (nSPS) is 20.7. The van der Waals surface area contributed by atoms with Crippen molar-refractivity contribution in [1.29, 1.82) is 0 Å².